The molecule has 0 radical (unpaired) electrons. The van der Waals surface area contributed by atoms with E-state index in [2.05, 4.69) is 48.6 Å². The van der Waals surface area contributed by atoms with Gasteiger partial charge in [0.1, 0.15) is 12.7 Å². The summed E-state index contributed by atoms with van der Waals surface area (Å²) in [6.07, 6.45) is 2.39. The van der Waals surface area contributed by atoms with Gasteiger partial charge in [0.15, 0.2) is 18.2 Å². The zero-order valence-electron chi connectivity index (χ0n) is 25.1. The van der Waals surface area contributed by atoms with Crippen molar-refractivity contribution in [1.82, 2.24) is 5.32 Å². The molecule has 1 saturated heterocycles. The van der Waals surface area contributed by atoms with Gasteiger partial charge in [-0.15, -0.1) is 0 Å². The first-order valence-electron chi connectivity index (χ1n) is 14.5. The Morgan fingerprint density at radius 2 is 1.67 bits per heavy atom. The minimum atomic E-state index is -0.802. The van der Waals surface area contributed by atoms with Gasteiger partial charge in [0.25, 0.3) is 0 Å². The summed E-state index contributed by atoms with van der Waals surface area (Å²) < 4.78 is 22.4. The molecule has 1 fully saturated rings. The number of carbonyl (C=O) groups is 3. The lowest BCUT2D eigenvalue weighted by molar-refractivity contribution is -0.277. The van der Waals surface area contributed by atoms with E-state index in [1.165, 1.54) is 47.8 Å². The molecule has 8 nitrogen and oxygen atoms in total. The van der Waals surface area contributed by atoms with Crippen LogP contribution < -0.4 is 5.32 Å². The maximum absolute atomic E-state index is 12.5. The molecular weight excluding hydrogens is 534 g/mol. The highest BCUT2D eigenvalue weighted by Gasteiger charge is 2.46. The number of carbonyl (C=O) groups excluding carboxylic acids is 3. The number of nitrogens with one attached hydrogen (secondary N) is 1. The highest BCUT2D eigenvalue weighted by molar-refractivity contribution is 5.94. The molecule has 1 aliphatic carbocycles. The fourth-order valence-corrected chi connectivity index (χ4v) is 5.58. The molecule has 0 amide bonds. The highest BCUT2D eigenvalue weighted by Crippen LogP contribution is 2.34. The van der Waals surface area contributed by atoms with E-state index < -0.39 is 42.5 Å². The van der Waals surface area contributed by atoms with E-state index in [0.29, 0.717) is 0 Å². The van der Waals surface area contributed by atoms with Crippen molar-refractivity contribution in [3.8, 4) is 0 Å². The van der Waals surface area contributed by atoms with Gasteiger partial charge in [-0.1, -0.05) is 67.1 Å². The zero-order valence-corrected chi connectivity index (χ0v) is 25.1. The first-order chi connectivity index (χ1) is 20.1. The largest absolute Gasteiger partial charge is 0.458 e. The van der Waals surface area contributed by atoms with E-state index in [4.69, 9.17) is 18.9 Å². The molecule has 224 valence electrons. The number of allylic oxidation sites excluding steroid dienone is 1. The smallest absolute Gasteiger partial charge is 0.303 e. The lowest BCUT2D eigenvalue weighted by Crippen LogP contribution is -2.56. The molecule has 8 heteroatoms. The van der Waals surface area contributed by atoms with Crippen molar-refractivity contribution in [2.24, 2.45) is 5.92 Å². The fourth-order valence-electron chi connectivity index (χ4n) is 5.58. The first kappa shape index (κ1) is 31.3. The number of hydrogen-bond acceptors (Lipinski definition) is 8. The van der Waals surface area contributed by atoms with Crippen molar-refractivity contribution in [3.63, 3.8) is 0 Å². The molecule has 5 atom stereocenters. The number of rotatable bonds is 12. The molecule has 0 aromatic heterocycles. The molecule has 4 rings (SSSR count). The van der Waals surface area contributed by atoms with E-state index in [0.717, 1.165) is 31.5 Å². The van der Waals surface area contributed by atoms with Crippen LogP contribution in [0.5, 0.6) is 0 Å². The van der Waals surface area contributed by atoms with Crippen molar-refractivity contribution < 1.29 is 33.3 Å². The van der Waals surface area contributed by atoms with Crippen molar-refractivity contribution in [3.05, 3.63) is 82.4 Å². The number of benzene rings is 2. The predicted molar refractivity (Wildman–Crippen MR) is 160 cm³/mol. The summed E-state index contributed by atoms with van der Waals surface area (Å²) in [5.41, 5.74) is 7.82. The Balaban J connectivity index is 1.22. The average Bonchev–Trinajstić information content (AvgIpc) is 3.27. The topological polar surface area (TPSA) is 100 Å². The molecule has 2 aromatic rings. The molecule has 2 aliphatic rings. The maximum Gasteiger partial charge on any atom is 0.303 e. The summed E-state index contributed by atoms with van der Waals surface area (Å²) in [5, 5.41) is 3.54. The van der Waals surface area contributed by atoms with Crippen LogP contribution in [-0.4, -0.2) is 55.5 Å². The Morgan fingerprint density at radius 3 is 2.38 bits per heavy atom. The first-order valence-corrected chi connectivity index (χ1v) is 14.5. The number of esters is 2. The van der Waals surface area contributed by atoms with Crippen LogP contribution in [0.2, 0.25) is 0 Å². The summed E-state index contributed by atoms with van der Waals surface area (Å²) in [5.74, 6) is -1.68. The Hall–Kier alpha value is -3.59. The lowest BCUT2D eigenvalue weighted by atomic mass is 9.92. The van der Waals surface area contributed by atoms with Crippen LogP contribution in [0.15, 0.2) is 60.2 Å². The second kappa shape index (κ2) is 14.5. The molecule has 0 bridgehead atoms. The molecule has 0 unspecified atom stereocenters. The molecule has 2 aromatic carbocycles. The maximum atomic E-state index is 12.5. The van der Waals surface area contributed by atoms with Gasteiger partial charge in [-0.3, -0.25) is 14.4 Å². The molecule has 1 N–H and O–H groups in total. The van der Waals surface area contributed by atoms with Crippen LogP contribution in [0.25, 0.3) is 11.6 Å². The second-order valence-corrected chi connectivity index (χ2v) is 11.1. The van der Waals surface area contributed by atoms with Crippen molar-refractivity contribution in [1.29, 1.82) is 0 Å². The van der Waals surface area contributed by atoms with Gasteiger partial charge < -0.3 is 24.3 Å². The summed E-state index contributed by atoms with van der Waals surface area (Å²) >= 11 is 0. The van der Waals surface area contributed by atoms with Crippen molar-refractivity contribution in [2.75, 3.05) is 13.2 Å². The molecular formula is C34H41NO7. The molecule has 1 aliphatic heterocycles. The monoisotopic (exact) mass is 575 g/mol. The fraction of sp³-hybridized carbons (Fsp3) is 0.441. The van der Waals surface area contributed by atoms with Crippen LogP contribution in [-0.2, 0) is 46.3 Å². The van der Waals surface area contributed by atoms with Crippen LogP contribution in [0.1, 0.15) is 63.3 Å². The third kappa shape index (κ3) is 8.25. The van der Waals surface area contributed by atoms with Gasteiger partial charge >= 0.3 is 11.9 Å². The molecule has 1 heterocycles. The lowest BCUT2D eigenvalue weighted by Gasteiger charge is -2.42. The van der Waals surface area contributed by atoms with Crippen molar-refractivity contribution >= 4 is 29.4 Å². The summed E-state index contributed by atoms with van der Waals surface area (Å²) in [4.78, 5) is 35.7. The standard InChI is InChI=1S/C34H41NO7/c1-21-18-28-8-6-7-9-31(28)30(21)16-17-35-19-27-12-10-26(11-13-27)14-15-29(38)20-39-34-22(2)32(41-24(4)36)33(23(3)40-34)42-25(5)37/h6-15,22-23,32-35H,16-20H2,1-5H3/b15-14+/t22-,23-,32-,33+,34+/m0/s1. The highest BCUT2D eigenvalue weighted by atomic mass is 16.7. The van der Waals surface area contributed by atoms with Gasteiger partial charge in [0.05, 0.1) is 6.10 Å². The normalized spacial score (nSPS) is 23.6. The van der Waals surface area contributed by atoms with Gasteiger partial charge in [0.2, 0.25) is 0 Å². The van der Waals surface area contributed by atoms with Gasteiger partial charge in [-0.2, -0.15) is 0 Å². The van der Waals surface area contributed by atoms with Crippen LogP contribution in [0.4, 0.5) is 0 Å². The van der Waals surface area contributed by atoms with Crippen LogP contribution >= 0.6 is 0 Å². The third-order valence-electron chi connectivity index (χ3n) is 7.71. The second-order valence-electron chi connectivity index (χ2n) is 11.1. The average molecular weight is 576 g/mol. The van der Waals surface area contributed by atoms with E-state index in [1.807, 2.05) is 12.1 Å². The molecule has 0 saturated carbocycles. The Bertz CT molecular complexity index is 1330. The minimum absolute atomic E-state index is 0.203. The van der Waals surface area contributed by atoms with E-state index in [-0.39, 0.29) is 12.4 Å². The van der Waals surface area contributed by atoms with Crippen molar-refractivity contribution in [2.45, 2.75) is 78.6 Å². The van der Waals surface area contributed by atoms with E-state index in [1.54, 1.807) is 19.9 Å². The summed E-state index contributed by atoms with van der Waals surface area (Å²) in [6.45, 7) is 9.76. The van der Waals surface area contributed by atoms with E-state index in [9.17, 15) is 14.4 Å². The quantitative estimate of drug-likeness (QED) is 0.214. The summed E-state index contributed by atoms with van der Waals surface area (Å²) in [7, 11) is 0. The van der Waals surface area contributed by atoms with Gasteiger partial charge in [-0.25, -0.2) is 0 Å². The predicted octanol–water partition coefficient (Wildman–Crippen LogP) is 5.04. The van der Waals surface area contributed by atoms with Crippen LogP contribution in [0.3, 0.4) is 0 Å². The van der Waals surface area contributed by atoms with E-state index >= 15 is 0 Å². The number of fused-ring (bicyclic) bond motifs is 1. The van der Waals surface area contributed by atoms with Gasteiger partial charge in [-0.05, 0) is 67.1 Å². The number of ether oxygens (including phenoxy) is 4. The van der Waals surface area contributed by atoms with Crippen LogP contribution in [0, 0.1) is 5.92 Å². The number of hydrogen-bond donors (Lipinski definition) is 1. The number of ketones is 1. The SMILES string of the molecule is CC(=O)O[C@H]1[C@H](C)[C@H](OCC(=O)/C=C/c2ccc(CNCCC3=C(C)Cc4ccccc43)cc2)O[C@@H](C)[C@H]1OC(C)=O. The van der Waals surface area contributed by atoms with Gasteiger partial charge in [0, 0.05) is 26.3 Å². The third-order valence-corrected chi connectivity index (χ3v) is 7.71. The Labute approximate surface area is 248 Å². The zero-order chi connectivity index (χ0) is 30.2. The molecule has 42 heavy (non-hydrogen) atoms. The molecule has 0 spiro atoms. The Kier molecular flexibility index (Phi) is 10.8. The summed E-state index contributed by atoms with van der Waals surface area (Å²) in [6, 6.07) is 16.7. The Morgan fingerprint density at radius 1 is 0.976 bits per heavy atom. The minimum Gasteiger partial charge on any atom is -0.458 e.